The number of allylic oxidation sites excluding steroid dienone is 1. The van der Waals surface area contributed by atoms with E-state index in [4.69, 9.17) is 11.0 Å². The summed E-state index contributed by atoms with van der Waals surface area (Å²) in [5, 5.41) is 9.01. The average Bonchev–Trinajstić information content (AvgIpc) is 2.52. The smallest absolute Gasteiger partial charge is 0.232 e. The summed E-state index contributed by atoms with van der Waals surface area (Å²) in [7, 11) is 0. The van der Waals surface area contributed by atoms with Gasteiger partial charge < -0.3 is 5.73 Å². The molecule has 2 N–H and O–H groups in total. The highest BCUT2D eigenvalue weighted by Gasteiger charge is 2.51. The SMILES string of the molecule is CCCCC1C(C)(C)CC=CC1(C(N)=O)c1ccc(C#N)cc1. The normalized spacial score (nSPS) is 25.7. The van der Waals surface area contributed by atoms with Gasteiger partial charge in [0.25, 0.3) is 0 Å². The molecule has 1 aliphatic carbocycles. The standard InChI is InChI=1S/C20H26N2O/c1-4-5-7-17-19(2,3)12-6-13-20(17,18(22)23)16-10-8-15(14-21)9-11-16/h6,8-11,13,17H,4-5,7,12H2,1-3H3,(H2,22,23). The summed E-state index contributed by atoms with van der Waals surface area (Å²) in [6.45, 7) is 6.61. The van der Waals surface area contributed by atoms with Crippen LogP contribution in [0.1, 0.15) is 57.6 Å². The second kappa shape index (κ2) is 6.58. The molecular weight excluding hydrogens is 284 g/mol. The van der Waals surface area contributed by atoms with Crippen LogP contribution in [0.4, 0.5) is 0 Å². The molecule has 2 atom stereocenters. The highest BCUT2D eigenvalue weighted by atomic mass is 16.1. The van der Waals surface area contributed by atoms with E-state index in [2.05, 4.69) is 32.9 Å². The fourth-order valence-corrected chi connectivity index (χ4v) is 3.96. The highest BCUT2D eigenvalue weighted by Crippen LogP contribution is 2.51. The fourth-order valence-electron chi connectivity index (χ4n) is 3.96. The van der Waals surface area contributed by atoms with E-state index in [-0.39, 0.29) is 17.2 Å². The molecule has 0 saturated carbocycles. The first-order chi connectivity index (χ1) is 10.9. The van der Waals surface area contributed by atoms with Crippen molar-refractivity contribution in [1.29, 1.82) is 5.26 Å². The number of nitrogens with two attached hydrogens (primary N) is 1. The second-order valence-corrected chi connectivity index (χ2v) is 7.21. The van der Waals surface area contributed by atoms with Crippen LogP contribution in [0, 0.1) is 22.7 Å². The Labute approximate surface area is 139 Å². The van der Waals surface area contributed by atoms with Gasteiger partial charge in [-0.25, -0.2) is 0 Å². The molecule has 0 aliphatic heterocycles. The molecule has 2 unspecified atom stereocenters. The lowest BCUT2D eigenvalue weighted by Crippen LogP contribution is -2.52. The number of carbonyl (C=O) groups is 1. The molecule has 1 aromatic carbocycles. The van der Waals surface area contributed by atoms with Crippen molar-refractivity contribution in [3.05, 3.63) is 47.5 Å². The van der Waals surface area contributed by atoms with Gasteiger partial charge in [-0.2, -0.15) is 5.26 Å². The van der Waals surface area contributed by atoms with Gasteiger partial charge in [0.2, 0.25) is 5.91 Å². The van der Waals surface area contributed by atoms with E-state index in [0.717, 1.165) is 31.2 Å². The quantitative estimate of drug-likeness (QED) is 0.833. The summed E-state index contributed by atoms with van der Waals surface area (Å²) >= 11 is 0. The number of amides is 1. The summed E-state index contributed by atoms with van der Waals surface area (Å²) in [5.74, 6) is -0.141. The van der Waals surface area contributed by atoms with E-state index in [1.807, 2.05) is 18.2 Å². The summed E-state index contributed by atoms with van der Waals surface area (Å²) in [6, 6.07) is 9.43. The van der Waals surface area contributed by atoms with E-state index in [1.165, 1.54) is 0 Å². The van der Waals surface area contributed by atoms with E-state index in [1.54, 1.807) is 12.1 Å². The minimum Gasteiger partial charge on any atom is -0.369 e. The van der Waals surface area contributed by atoms with Gasteiger partial charge in [0.1, 0.15) is 0 Å². The zero-order chi connectivity index (χ0) is 17.1. The molecule has 1 aromatic rings. The maximum absolute atomic E-state index is 12.6. The number of rotatable bonds is 5. The maximum atomic E-state index is 12.6. The topological polar surface area (TPSA) is 66.9 Å². The Hall–Kier alpha value is -2.08. The molecule has 0 radical (unpaired) electrons. The molecular formula is C20H26N2O. The third kappa shape index (κ3) is 3.03. The first-order valence-corrected chi connectivity index (χ1v) is 8.36. The maximum Gasteiger partial charge on any atom is 0.232 e. The lowest BCUT2D eigenvalue weighted by atomic mass is 9.54. The molecule has 1 amide bonds. The van der Waals surface area contributed by atoms with Gasteiger partial charge in [-0.15, -0.1) is 0 Å². The zero-order valence-electron chi connectivity index (χ0n) is 14.3. The number of primary amides is 1. The minimum absolute atomic E-state index is 0.00680. The second-order valence-electron chi connectivity index (χ2n) is 7.21. The number of nitrogens with zero attached hydrogens (tertiary/aromatic N) is 1. The molecule has 1 aliphatic rings. The first-order valence-electron chi connectivity index (χ1n) is 8.36. The number of nitriles is 1. The van der Waals surface area contributed by atoms with E-state index in [0.29, 0.717) is 5.56 Å². The van der Waals surface area contributed by atoms with Gasteiger partial charge in [-0.1, -0.05) is 57.9 Å². The number of carbonyl (C=O) groups excluding carboxylic acids is 1. The summed E-state index contributed by atoms with van der Waals surface area (Å²) in [4.78, 5) is 12.6. The monoisotopic (exact) mass is 310 g/mol. The highest BCUT2D eigenvalue weighted by molar-refractivity contribution is 5.90. The van der Waals surface area contributed by atoms with Gasteiger partial charge >= 0.3 is 0 Å². The number of unbranched alkanes of at least 4 members (excludes halogenated alkanes) is 1. The van der Waals surface area contributed by atoms with Crippen molar-refractivity contribution in [3.8, 4) is 6.07 Å². The van der Waals surface area contributed by atoms with E-state index < -0.39 is 5.41 Å². The lowest BCUT2D eigenvalue weighted by Gasteiger charge is -2.48. The van der Waals surface area contributed by atoms with Crippen molar-refractivity contribution in [1.82, 2.24) is 0 Å². The Morgan fingerprint density at radius 3 is 2.52 bits per heavy atom. The molecule has 0 saturated heterocycles. The molecule has 3 nitrogen and oxygen atoms in total. The molecule has 0 heterocycles. The van der Waals surface area contributed by atoms with Crippen LogP contribution in [-0.4, -0.2) is 5.91 Å². The predicted molar refractivity (Wildman–Crippen MR) is 92.6 cm³/mol. The lowest BCUT2D eigenvalue weighted by molar-refractivity contribution is -0.126. The summed E-state index contributed by atoms with van der Waals surface area (Å²) in [5.41, 5.74) is 6.65. The zero-order valence-corrected chi connectivity index (χ0v) is 14.3. The van der Waals surface area contributed by atoms with Crippen molar-refractivity contribution < 1.29 is 4.79 Å². The van der Waals surface area contributed by atoms with Crippen molar-refractivity contribution in [2.75, 3.05) is 0 Å². The first kappa shape index (κ1) is 17.3. The van der Waals surface area contributed by atoms with Crippen LogP contribution in [0.2, 0.25) is 0 Å². The largest absolute Gasteiger partial charge is 0.369 e. The number of hydrogen-bond donors (Lipinski definition) is 1. The van der Waals surface area contributed by atoms with Crippen LogP contribution in [0.15, 0.2) is 36.4 Å². The van der Waals surface area contributed by atoms with Gasteiger partial charge in [-0.3, -0.25) is 4.79 Å². The number of benzene rings is 1. The molecule has 23 heavy (non-hydrogen) atoms. The van der Waals surface area contributed by atoms with Crippen molar-refractivity contribution in [2.45, 2.75) is 51.9 Å². The van der Waals surface area contributed by atoms with Crippen LogP contribution in [0.5, 0.6) is 0 Å². The summed E-state index contributed by atoms with van der Waals surface area (Å²) in [6.07, 6.45) is 8.18. The Morgan fingerprint density at radius 1 is 1.35 bits per heavy atom. The third-order valence-electron chi connectivity index (χ3n) is 5.26. The molecule has 0 aromatic heterocycles. The molecule has 0 spiro atoms. The van der Waals surface area contributed by atoms with Crippen LogP contribution >= 0.6 is 0 Å². The van der Waals surface area contributed by atoms with E-state index >= 15 is 0 Å². The van der Waals surface area contributed by atoms with E-state index in [9.17, 15) is 4.79 Å². The minimum atomic E-state index is -0.787. The molecule has 0 fully saturated rings. The molecule has 122 valence electrons. The van der Waals surface area contributed by atoms with Gasteiger partial charge in [0.05, 0.1) is 17.0 Å². The average molecular weight is 310 g/mol. The van der Waals surface area contributed by atoms with Crippen molar-refractivity contribution >= 4 is 5.91 Å². The number of hydrogen-bond acceptors (Lipinski definition) is 2. The van der Waals surface area contributed by atoms with Crippen LogP contribution in [0.25, 0.3) is 0 Å². The Morgan fingerprint density at radius 2 is 2.00 bits per heavy atom. The fraction of sp³-hybridized carbons (Fsp3) is 0.500. The van der Waals surface area contributed by atoms with Gasteiger partial charge in [-0.05, 0) is 41.9 Å². The molecule has 2 rings (SSSR count). The Bertz CT molecular complexity index is 637. The van der Waals surface area contributed by atoms with Crippen molar-refractivity contribution in [2.24, 2.45) is 17.1 Å². The Kier molecular flexibility index (Phi) is 4.94. The van der Waals surface area contributed by atoms with Gasteiger partial charge in [0, 0.05) is 0 Å². The van der Waals surface area contributed by atoms with Gasteiger partial charge in [0.15, 0.2) is 0 Å². The van der Waals surface area contributed by atoms with Crippen LogP contribution in [-0.2, 0) is 10.2 Å². The van der Waals surface area contributed by atoms with Crippen LogP contribution < -0.4 is 5.73 Å². The molecule has 3 heteroatoms. The third-order valence-corrected chi connectivity index (χ3v) is 5.26. The molecule has 0 bridgehead atoms. The van der Waals surface area contributed by atoms with Crippen molar-refractivity contribution in [3.63, 3.8) is 0 Å². The summed E-state index contributed by atoms with van der Waals surface area (Å²) < 4.78 is 0. The predicted octanol–water partition coefficient (Wildman–Crippen LogP) is 4.07. The Balaban J connectivity index is 2.59. The van der Waals surface area contributed by atoms with Crippen LogP contribution in [0.3, 0.4) is 0 Å².